The molecule has 0 saturated heterocycles. The first-order chi connectivity index (χ1) is 10.2. The number of ether oxygens (including phenoxy) is 1. The molecular weight excluding hydrogens is 280 g/mol. The highest BCUT2D eigenvalue weighted by Crippen LogP contribution is 2.20. The first-order valence-corrected chi connectivity index (χ1v) is 7.68. The van der Waals surface area contributed by atoms with Gasteiger partial charge in [0.1, 0.15) is 11.4 Å². The molecule has 0 fully saturated rings. The molecule has 0 heterocycles. The van der Waals surface area contributed by atoms with Crippen LogP contribution in [0.25, 0.3) is 0 Å². The van der Waals surface area contributed by atoms with Crippen LogP contribution < -0.4 is 15.4 Å². The summed E-state index contributed by atoms with van der Waals surface area (Å²) >= 11 is 0. The number of benzene rings is 1. The van der Waals surface area contributed by atoms with Crippen molar-refractivity contribution in [2.45, 2.75) is 52.7 Å². The second-order valence-corrected chi connectivity index (χ2v) is 6.70. The van der Waals surface area contributed by atoms with E-state index in [1.54, 1.807) is 12.1 Å². The summed E-state index contributed by atoms with van der Waals surface area (Å²) in [5.41, 5.74) is 0.450. The summed E-state index contributed by atoms with van der Waals surface area (Å²) < 4.78 is 5.73. The van der Waals surface area contributed by atoms with E-state index >= 15 is 0 Å². The number of rotatable bonds is 6. The summed E-state index contributed by atoms with van der Waals surface area (Å²) in [5.74, 6) is 1.03. The van der Waals surface area contributed by atoms with E-state index in [0.717, 1.165) is 5.75 Å². The van der Waals surface area contributed by atoms with Gasteiger partial charge in [0, 0.05) is 18.3 Å². The number of nitrogens with one attached hydrogen (secondary N) is 2. The Bertz CT molecular complexity index is 464. The van der Waals surface area contributed by atoms with Gasteiger partial charge < -0.3 is 20.5 Å². The van der Waals surface area contributed by atoms with Gasteiger partial charge in [0.2, 0.25) is 0 Å². The highest BCUT2D eigenvalue weighted by molar-refractivity contribution is 5.89. The molecule has 0 spiro atoms. The van der Waals surface area contributed by atoms with Crippen molar-refractivity contribution in [2.75, 3.05) is 11.9 Å². The lowest BCUT2D eigenvalue weighted by Crippen LogP contribution is -2.41. The molecule has 1 unspecified atom stereocenters. The molecule has 0 bridgehead atoms. The molecule has 1 aromatic carbocycles. The Hall–Kier alpha value is -1.75. The van der Waals surface area contributed by atoms with Crippen LogP contribution in [0, 0.1) is 5.92 Å². The Labute approximate surface area is 133 Å². The minimum atomic E-state index is -0.267. The molecule has 0 aliphatic heterocycles. The van der Waals surface area contributed by atoms with Crippen molar-refractivity contribution in [2.24, 2.45) is 5.92 Å². The van der Waals surface area contributed by atoms with E-state index in [1.165, 1.54) is 0 Å². The monoisotopic (exact) mass is 308 g/mol. The minimum Gasteiger partial charge on any atom is -0.488 e. The molecule has 0 aromatic heterocycles. The van der Waals surface area contributed by atoms with Crippen LogP contribution in [0.2, 0.25) is 0 Å². The molecule has 5 heteroatoms. The van der Waals surface area contributed by atoms with E-state index < -0.39 is 0 Å². The van der Waals surface area contributed by atoms with Crippen molar-refractivity contribution in [1.82, 2.24) is 5.32 Å². The third-order valence-corrected chi connectivity index (χ3v) is 3.10. The third kappa shape index (κ3) is 6.80. The maximum absolute atomic E-state index is 12.0. The fourth-order valence-corrected chi connectivity index (χ4v) is 2.01. The van der Waals surface area contributed by atoms with Crippen LogP contribution in [-0.2, 0) is 0 Å². The molecule has 22 heavy (non-hydrogen) atoms. The maximum Gasteiger partial charge on any atom is 0.319 e. The van der Waals surface area contributed by atoms with Crippen molar-refractivity contribution in [3.63, 3.8) is 0 Å². The van der Waals surface area contributed by atoms with Gasteiger partial charge in [-0.15, -0.1) is 0 Å². The predicted molar refractivity (Wildman–Crippen MR) is 89.3 cm³/mol. The number of anilines is 1. The largest absolute Gasteiger partial charge is 0.488 e. The summed E-state index contributed by atoms with van der Waals surface area (Å²) in [6, 6.07) is 6.95. The van der Waals surface area contributed by atoms with E-state index in [2.05, 4.69) is 10.6 Å². The van der Waals surface area contributed by atoms with Crippen molar-refractivity contribution < 1.29 is 14.6 Å². The number of urea groups is 1. The average Bonchev–Trinajstić information content (AvgIpc) is 2.38. The second-order valence-electron chi connectivity index (χ2n) is 6.70. The second kappa shape index (κ2) is 8.03. The number of hydrogen-bond acceptors (Lipinski definition) is 3. The lowest BCUT2D eigenvalue weighted by atomic mass is 10.0. The summed E-state index contributed by atoms with van der Waals surface area (Å²) in [4.78, 5) is 12.0. The third-order valence-electron chi connectivity index (χ3n) is 3.10. The zero-order valence-electron chi connectivity index (χ0n) is 14.1. The lowest BCUT2D eigenvalue weighted by molar-refractivity contribution is 0.131. The van der Waals surface area contributed by atoms with Crippen LogP contribution in [0.15, 0.2) is 24.3 Å². The molecule has 0 saturated carbocycles. The van der Waals surface area contributed by atoms with Crippen molar-refractivity contribution in [3.05, 3.63) is 24.3 Å². The SMILES string of the molecule is CC(C)C(CCO)NC(=O)Nc1ccc(OC(C)(C)C)cc1. The van der Waals surface area contributed by atoms with Gasteiger partial charge in [-0.2, -0.15) is 0 Å². The van der Waals surface area contributed by atoms with E-state index in [9.17, 15) is 4.79 Å². The molecule has 2 amide bonds. The lowest BCUT2D eigenvalue weighted by Gasteiger charge is -2.22. The van der Waals surface area contributed by atoms with E-state index in [0.29, 0.717) is 12.1 Å². The van der Waals surface area contributed by atoms with Gasteiger partial charge in [0.15, 0.2) is 0 Å². The molecular formula is C17H28N2O3. The number of carbonyl (C=O) groups is 1. The number of amides is 2. The molecule has 5 nitrogen and oxygen atoms in total. The van der Waals surface area contributed by atoms with Gasteiger partial charge >= 0.3 is 6.03 Å². The van der Waals surface area contributed by atoms with E-state index in [1.807, 2.05) is 46.8 Å². The molecule has 1 atom stereocenters. The zero-order valence-corrected chi connectivity index (χ0v) is 14.1. The van der Waals surface area contributed by atoms with Crippen LogP contribution in [0.1, 0.15) is 41.0 Å². The Morgan fingerprint density at radius 1 is 1.23 bits per heavy atom. The summed E-state index contributed by atoms with van der Waals surface area (Å²) in [5, 5.41) is 14.7. The number of aliphatic hydroxyl groups excluding tert-OH is 1. The normalized spacial score (nSPS) is 12.9. The molecule has 124 valence electrons. The van der Waals surface area contributed by atoms with Crippen LogP contribution in [0.4, 0.5) is 10.5 Å². The number of hydrogen-bond donors (Lipinski definition) is 3. The van der Waals surface area contributed by atoms with E-state index in [4.69, 9.17) is 9.84 Å². The highest BCUT2D eigenvalue weighted by atomic mass is 16.5. The summed E-state index contributed by atoms with van der Waals surface area (Å²) in [7, 11) is 0. The van der Waals surface area contributed by atoms with Gasteiger partial charge in [-0.25, -0.2) is 4.79 Å². The van der Waals surface area contributed by atoms with Crippen LogP contribution >= 0.6 is 0 Å². The van der Waals surface area contributed by atoms with Gasteiger partial charge in [-0.05, 0) is 57.4 Å². The van der Waals surface area contributed by atoms with Gasteiger partial charge in [0.05, 0.1) is 0 Å². The number of aliphatic hydroxyl groups is 1. The maximum atomic E-state index is 12.0. The first-order valence-electron chi connectivity index (χ1n) is 7.68. The molecule has 1 aromatic rings. The van der Waals surface area contributed by atoms with Crippen molar-refractivity contribution in [3.8, 4) is 5.75 Å². The summed E-state index contributed by atoms with van der Waals surface area (Å²) in [6.07, 6.45) is 0.545. The molecule has 3 N–H and O–H groups in total. The van der Waals surface area contributed by atoms with Crippen LogP contribution in [0.5, 0.6) is 5.75 Å². The smallest absolute Gasteiger partial charge is 0.319 e. The Kier molecular flexibility index (Phi) is 6.68. The highest BCUT2D eigenvalue weighted by Gasteiger charge is 2.16. The predicted octanol–water partition coefficient (Wildman–Crippen LogP) is 3.39. The fraction of sp³-hybridized carbons (Fsp3) is 0.588. The van der Waals surface area contributed by atoms with Crippen LogP contribution in [-0.4, -0.2) is 29.4 Å². The van der Waals surface area contributed by atoms with Crippen molar-refractivity contribution in [1.29, 1.82) is 0 Å². The molecule has 0 aliphatic rings. The topological polar surface area (TPSA) is 70.6 Å². The Balaban J connectivity index is 2.57. The van der Waals surface area contributed by atoms with E-state index in [-0.39, 0.29) is 30.2 Å². The zero-order chi connectivity index (χ0) is 16.8. The molecule has 0 aliphatic carbocycles. The Morgan fingerprint density at radius 3 is 2.27 bits per heavy atom. The first kappa shape index (κ1) is 18.3. The van der Waals surface area contributed by atoms with Crippen molar-refractivity contribution >= 4 is 11.7 Å². The molecule has 1 rings (SSSR count). The van der Waals surface area contributed by atoms with Crippen LogP contribution in [0.3, 0.4) is 0 Å². The van der Waals surface area contributed by atoms with Gasteiger partial charge in [-0.1, -0.05) is 13.8 Å². The van der Waals surface area contributed by atoms with Gasteiger partial charge in [0.25, 0.3) is 0 Å². The summed E-state index contributed by atoms with van der Waals surface area (Å²) in [6.45, 7) is 10.0. The quantitative estimate of drug-likeness (QED) is 0.754. The van der Waals surface area contributed by atoms with Gasteiger partial charge in [-0.3, -0.25) is 0 Å². The Morgan fingerprint density at radius 2 is 1.82 bits per heavy atom. The molecule has 0 radical (unpaired) electrons. The standard InChI is InChI=1S/C17H28N2O3/c1-12(2)15(10-11-20)19-16(21)18-13-6-8-14(9-7-13)22-17(3,4)5/h6-9,12,15,20H,10-11H2,1-5H3,(H2,18,19,21). The minimum absolute atomic E-state index is 0.0477. The number of carbonyl (C=O) groups excluding carboxylic acids is 1. The average molecular weight is 308 g/mol. The fourth-order valence-electron chi connectivity index (χ4n) is 2.01.